The molecule has 0 N–H and O–H groups in total. The van der Waals surface area contributed by atoms with Gasteiger partial charge in [0.2, 0.25) is 11.7 Å². The van der Waals surface area contributed by atoms with Gasteiger partial charge >= 0.3 is 0 Å². The molecule has 0 bridgehead atoms. The number of rotatable bonds is 4. The van der Waals surface area contributed by atoms with Crippen molar-refractivity contribution >= 4 is 5.91 Å². The number of amides is 1. The number of benzene rings is 1. The standard InChI is InChI=1S/C22H24N4O3/c1-13(2)20-24-19(25-29-20)14-6-8-16(9-7-14)22(27)26-11-10-18-17(12-26)23-21(28-18)15-4-3-5-15/h6-9,13,15H,3-5,10-12H2,1-2H3. The fraction of sp³-hybridized carbons (Fsp3) is 0.455. The van der Waals surface area contributed by atoms with Gasteiger partial charge in [0.25, 0.3) is 5.91 Å². The molecule has 1 aliphatic heterocycles. The van der Waals surface area contributed by atoms with Crippen molar-refractivity contribution in [2.75, 3.05) is 6.54 Å². The molecule has 1 fully saturated rings. The minimum absolute atomic E-state index is 0.00590. The monoisotopic (exact) mass is 392 g/mol. The van der Waals surface area contributed by atoms with E-state index in [0.717, 1.165) is 42.2 Å². The van der Waals surface area contributed by atoms with Gasteiger partial charge in [-0.25, -0.2) is 4.98 Å². The zero-order valence-electron chi connectivity index (χ0n) is 16.7. The van der Waals surface area contributed by atoms with Gasteiger partial charge in [0.1, 0.15) is 11.5 Å². The van der Waals surface area contributed by atoms with E-state index in [2.05, 4.69) is 15.1 Å². The maximum Gasteiger partial charge on any atom is 0.254 e. The molecule has 0 unspecified atom stereocenters. The minimum atomic E-state index is 0.00590. The second-order valence-electron chi connectivity index (χ2n) is 8.21. The average Bonchev–Trinajstić information content (AvgIpc) is 3.33. The van der Waals surface area contributed by atoms with Crippen molar-refractivity contribution in [2.24, 2.45) is 0 Å². The SMILES string of the molecule is CC(C)c1nc(-c2ccc(C(=O)N3CCc4oc(C5CCC5)nc4C3)cc2)no1. The molecule has 1 aromatic carbocycles. The number of fused-ring (bicyclic) bond motifs is 1. The first kappa shape index (κ1) is 18.1. The predicted octanol–water partition coefficient (Wildman–Crippen LogP) is 4.31. The summed E-state index contributed by atoms with van der Waals surface area (Å²) in [5, 5.41) is 4.03. The van der Waals surface area contributed by atoms with Crippen molar-refractivity contribution in [3.63, 3.8) is 0 Å². The summed E-state index contributed by atoms with van der Waals surface area (Å²) in [5.74, 6) is 3.62. The highest BCUT2D eigenvalue weighted by molar-refractivity contribution is 5.94. The van der Waals surface area contributed by atoms with E-state index in [4.69, 9.17) is 8.94 Å². The van der Waals surface area contributed by atoms with Gasteiger partial charge in [-0.1, -0.05) is 37.6 Å². The maximum absolute atomic E-state index is 13.0. The summed E-state index contributed by atoms with van der Waals surface area (Å²) < 4.78 is 11.2. The molecule has 2 aromatic heterocycles. The molecule has 1 amide bonds. The smallest absolute Gasteiger partial charge is 0.254 e. The summed E-state index contributed by atoms with van der Waals surface area (Å²) in [7, 11) is 0. The zero-order valence-corrected chi connectivity index (χ0v) is 16.7. The molecule has 0 spiro atoms. The Morgan fingerprint density at radius 3 is 2.62 bits per heavy atom. The van der Waals surface area contributed by atoms with Crippen molar-refractivity contribution in [1.82, 2.24) is 20.0 Å². The molecule has 1 aliphatic carbocycles. The van der Waals surface area contributed by atoms with Crippen molar-refractivity contribution in [3.05, 3.63) is 53.1 Å². The van der Waals surface area contributed by atoms with Gasteiger partial charge in [-0.15, -0.1) is 0 Å². The summed E-state index contributed by atoms with van der Waals surface area (Å²) in [4.78, 5) is 23.9. The van der Waals surface area contributed by atoms with Crippen LogP contribution in [0, 0.1) is 0 Å². The van der Waals surface area contributed by atoms with E-state index in [1.807, 2.05) is 43.0 Å². The molecule has 3 heterocycles. The van der Waals surface area contributed by atoms with Crippen molar-refractivity contribution in [1.29, 1.82) is 0 Å². The summed E-state index contributed by atoms with van der Waals surface area (Å²) in [6.45, 7) is 5.17. The van der Waals surface area contributed by atoms with Gasteiger partial charge in [0.05, 0.1) is 6.54 Å². The first-order valence-electron chi connectivity index (χ1n) is 10.3. The molecule has 150 valence electrons. The number of aromatic nitrogens is 3. The molecule has 5 rings (SSSR count). The highest BCUT2D eigenvalue weighted by atomic mass is 16.5. The lowest BCUT2D eigenvalue weighted by Gasteiger charge is -2.25. The molecule has 3 aromatic rings. The van der Waals surface area contributed by atoms with E-state index in [1.54, 1.807) is 0 Å². The summed E-state index contributed by atoms with van der Waals surface area (Å²) in [6.07, 6.45) is 4.29. The zero-order chi connectivity index (χ0) is 20.0. The molecule has 0 radical (unpaired) electrons. The number of carbonyl (C=O) groups is 1. The fourth-order valence-electron chi connectivity index (χ4n) is 3.75. The van der Waals surface area contributed by atoms with E-state index in [1.165, 1.54) is 6.42 Å². The fourth-order valence-corrected chi connectivity index (χ4v) is 3.75. The number of nitrogens with zero attached hydrogens (tertiary/aromatic N) is 4. The maximum atomic E-state index is 13.0. The van der Waals surface area contributed by atoms with Crippen LogP contribution in [0.4, 0.5) is 0 Å². The van der Waals surface area contributed by atoms with Crippen LogP contribution in [0.3, 0.4) is 0 Å². The quantitative estimate of drug-likeness (QED) is 0.657. The highest BCUT2D eigenvalue weighted by Crippen LogP contribution is 2.37. The van der Waals surface area contributed by atoms with E-state index < -0.39 is 0 Å². The summed E-state index contributed by atoms with van der Waals surface area (Å²) in [5.41, 5.74) is 2.39. The number of hydrogen-bond acceptors (Lipinski definition) is 6. The molecule has 7 nitrogen and oxygen atoms in total. The first-order chi connectivity index (χ1) is 14.1. The topological polar surface area (TPSA) is 85.3 Å². The van der Waals surface area contributed by atoms with Crippen molar-refractivity contribution in [2.45, 2.75) is 57.9 Å². The van der Waals surface area contributed by atoms with E-state index in [-0.39, 0.29) is 11.8 Å². The Bertz CT molecular complexity index is 1030. The van der Waals surface area contributed by atoms with Gasteiger partial charge in [-0.2, -0.15) is 4.98 Å². The Morgan fingerprint density at radius 1 is 1.17 bits per heavy atom. The molecular formula is C22H24N4O3. The van der Waals surface area contributed by atoms with Gasteiger partial charge in [-0.3, -0.25) is 4.79 Å². The number of carbonyl (C=O) groups excluding carboxylic acids is 1. The van der Waals surface area contributed by atoms with Gasteiger partial charge in [0.15, 0.2) is 5.89 Å². The predicted molar refractivity (Wildman–Crippen MR) is 105 cm³/mol. The first-order valence-corrected chi connectivity index (χ1v) is 10.3. The van der Waals surface area contributed by atoms with Crippen LogP contribution in [0.25, 0.3) is 11.4 Å². The average molecular weight is 392 g/mol. The molecule has 29 heavy (non-hydrogen) atoms. The second kappa shape index (κ2) is 7.13. The van der Waals surface area contributed by atoms with Crippen molar-refractivity contribution in [3.8, 4) is 11.4 Å². The van der Waals surface area contributed by atoms with Crippen LogP contribution < -0.4 is 0 Å². The Hall–Kier alpha value is -2.96. The Morgan fingerprint density at radius 2 is 1.97 bits per heavy atom. The summed E-state index contributed by atoms with van der Waals surface area (Å²) in [6, 6.07) is 7.37. The van der Waals surface area contributed by atoms with Crippen LogP contribution in [-0.4, -0.2) is 32.5 Å². The largest absolute Gasteiger partial charge is 0.445 e. The van der Waals surface area contributed by atoms with Gasteiger partial charge in [0, 0.05) is 35.9 Å². The normalized spacial score (nSPS) is 16.7. The second-order valence-corrected chi connectivity index (χ2v) is 8.21. The summed E-state index contributed by atoms with van der Waals surface area (Å²) >= 11 is 0. The van der Waals surface area contributed by atoms with Crippen LogP contribution in [0.5, 0.6) is 0 Å². The van der Waals surface area contributed by atoms with Gasteiger partial charge < -0.3 is 13.8 Å². The lowest BCUT2D eigenvalue weighted by Crippen LogP contribution is -2.35. The Labute approximate surface area is 169 Å². The lowest BCUT2D eigenvalue weighted by molar-refractivity contribution is 0.0728. The van der Waals surface area contributed by atoms with Crippen LogP contribution in [-0.2, 0) is 13.0 Å². The Kier molecular flexibility index (Phi) is 4.45. The molecule has 7 heteroatoms. The lowest BCUT2D eigenvalue weighted by atomic mass is 9.85. The number of hydrogen-bond donors (Lipinski definition) is 0. The van der Waals surface area contributed by atoms with Crippen LogP contribution in [0.15, 0.2) is 33.2 Å². The highest BCUT2D eigenvalue weighted by Gasteiger charge is 2.30. The number of oxazole rings is 1. The van der Waals surface area contributed by atoms with E-state index in [0.29, 0.717) is 36.3 Å². The third kappa shape index (κ3) is 3.34. The third-order valence-electron chi connectivity index (χ3n) is 5.81. The van der Waals surface area contributed by atoms with Crippen molar-refractivity contribution < 1.29 is 13.7 Å². The van der Waals surface area contributed by atoms with Crippen LogP contribution in [0.2, 0.25) is 0 Å². The Balaban J connectivity index is 1.29. The van der Waals surface area contributed by atoms with Gasteiger partial charge in [-0.05, 0) is 25.0 Å². The third-order valence-corrected chi connectivity index (χ3v) is 5.81. The van der Waals surface area contributed by atoms with Crippen LogP contribution >= 0.6 is 0 Å². The minimum Gasteiger partial charge on any atom is -0.445 e. The van der Waals surface area contributed by atoms with E-state index in [9.17, 15) is 4.79 Å². The molecular weight excluding hydrogens is 368 g/mol. The molecule has 2 aliphatic rings. The molecule has 0 atom stereocenters. The molecule has 1 saturated carbocycles. The van der Waals surface area contributed by atoms with Crippen LogP contribution in [0.1, 0.15) is 78.5 Å². The molecule has 0 saturated heterocycles. The van der Waals surface area contributed by atoms with E-state index >= 15 is 0 Å².